The standard InChI is InChI=1S/C17H10Br2F4N2O2S/c1-28(26,27)16-6-12(20)11(5-13(16)21)15-7-14(17(22)23)24-25(15)10-3-8(18)2-9(19)4-10/h2-7,17H,1H3. The van der Waals surface area contributed by atoms with Crippen LogP contribution in [0.3, 0.4) is 0 Å². The number of hydrogen-bond acceptors (Lipinski definition) is 3. The van der Waals surface area contributed by atoms with Crippen LogP contribution >= 0.6 is 31.9 Å². The van der Waals surface area contributed by atoms with Crippen molar-refractivity contribution in [3.63, 3.8) is 0 Å². The molecule has 0 spiro atoms. The predicted molar refractivity (Wildman–Crippen MR) is 102 cm³/mol. The SMILES string of the molecule is CS(=O)(=O)c1cc(F)c(-c2cc(C(F)F)nn2-c2cc(Br)cc(Br)c2)cc1F. The van der Waals surface area contributed by atoms with E-state index < -0.39 is 44.1 Å². The van der Waals surface area contributed by atoms with Gasteiger partial charge in [0.05, 0.1) is 11.4 Å². The molecule has 28 heavy (non-hydrogen) atoms. The van der Waals surface area contributed by atoms with Gasteiger partial charge < -0.3 is 0 Å². The Morgan fingerprint density at radius 1 is 0.964 bits per heavy atom. The van der Waals surface area contributed by atoms with Gasteiger partial charge in [-0.05, 0) is 36.4 Å². The highest BCUT2D eigenvalue weighted by molar-refractivity contribution is 9.11. The van der Waals surface area contributed by atoms with Crippen LogP contribution in [0.5, 0.6) is 0 Å². The fourth-order valence-electron chi connectivity index (χ4n) is 2.57. The highest BCUT2D eigenvalue weighted by Gasteiger charge is 2.24. The summed E-state index contributed by atoms with van der Waals surface area (Å²) in [7, 11) is -4.01. The van der Waals surface area contributed by atoms with E-state index in [0.717, 1.165) is 17.0 Å². The maximum absolute atomic E-state index is 14.6. The van der Waals surface area contributed by atoms with E-state index in [-0.39, 0.29) is 5.69 Å². The molecule has 4 nitrogen and oxygen atoms in total. The molecule has 3 aromatic rings. The summed E-state index contributed by atoms with van der Waals surface area (Å²) in [5.74, 6) is -2.28. The fraction of sp³-hybridized carbons (Fsp3) is 0.118. The van der Waals surface area contributed by atoms with Crippen molar-refractivity contribution >= 4 is 41.7 Å². The van der Waals surface area contributed by atoms with E-state index in [0.29, 0.717) is 26.8 Å². The van der Waals surface area contributed by atoms with Crippen LogP contribution in [0.2, 0.25) is 0 Å². The number of halogens is 6. The zero-order chi connectivity index (χ0) is 20.8. The molecule has 0 saturated carbocycles. The Morgan fingerprint density at radius 3 is 2.11 bits per heavy atom. The lowest BCUT2D eigenvalue weighted by atomic mass is 10.1. The highest BCUT2D eigenvalue weighted by Crippen LogP contribution is 2.33. The quantitative estimate of drug-likeness (QED) is 0.399. The first kappa shape index (κ1) is 21.0. The monoisotopic (exact) mass is 540 g/mol. The van der Waals surface area contributed by atoms with Gasteiger partial charge in [0.2, 0.25) is 0 Å². The number of nitrogens with zero attached hydrogens (tertiary/aromatic N) is 2. The van der Waals surface area contributed by atoms with Crippen LogP contribution in [0.15, 0.2) is 50.2 Å². The minimum atomic E-state index is -4.01. The summed E-state index contributed by atoms with van der Waals surface area (Å²) in [5.41, 5.74) is -0.898. The van der Waals surface area contributed by atoms with Crippen LogP contribution in [0.1, 0.15) is 12.1 Å². The predicted octanol–water partition coefficient (Wildman–Crippen LogP) is 5.68. The van der Waals surface area contributed by atoms with Gasteiger partial charge >= 0.3 is 0 Å². The molecule has 0 radical (unpaired) electrons. The van der Waals surface area contributed by atoms with E-state index in [1.165, 1.54) is 0 Å². The van der Waals surface area contributed by atoms with Gasteiger partial charge in [0.25, 0.3) is 6.43 Å². The van der Waals surface area contributed by atoms with Gasteiger partial charge in [0, 0.05) is 20.8 Å². The zero-order valence-corrected chi connectivity index (χ0v) is 17.9. The summed E-state index contributed by atoms with van der Waals surface area (Å²) in [5, 5.41) is 3.80. The first-order valence-corrected chi connectivity index (χ1v) is 11.0. The molecule has 11 heteroatoms. The summed E-state index contributed by atoms with van der Waals surface area (Å²) < 4.78 is 80.7. The molecule has 0 saturated heterocycles. The molecule has 0 fully saturated rings. The Kier molecular flexibility index (Phi) is 5.70. The minimum Gasteiger partial charge on any atom is -0.232 e. The third-order valence-electron chi connectivity index (χ3n) is 3.74. The molecule has 0 aliphatic carbocycles. The van der Waals surface area contributed by atoms with Crippen molar-refractivity contribution in [3.8, 4) is 16.9 Å². The largest absolute Gasteiger partial charge is 0.282 e. The molecular weight excluding hydrogens is 532 g/mol. The average molecular weight is 542 g/mol. The summed E-state index contributed by atoms with van der Waals surface area (Å²) in [6.07, 6.45) is -2.21. The van der Waals surface area contributed by atoms with E-state index in [2.05, 4.69) is 37.0 Å². The van der Waals surface area contributed by atoms with Gasteiger partial charge in [-0.15, -0.1) is 0 Å². The molecule has 0 aliphatic rings. The number of hydrogen-bond donors (Lipinski definition) is 0. The van der Waals surface area contributed by atoms with Crippen LogP contribution < -0.4 is 0 Å². The van der Waals surface area contributed by atoms with E-state index in [1.54, 1.807) is 18.2 Å². The Hall–Kier alpha value is -1.72. The van der Waals surface area contributed by atoms with Crippen LogP contribution in [0.4, 0.5) is 17.6 Å². The minimum absolute atomic E-state index is 0.156. The van der Waals surface area contributed by atoms with E-state index >= 15 is 0 Å². The maximum Gasteiger partial charge on any atom is 0.282 e. The molecule has 0 amide bonds. The normalized spacial score (nSPS) is 12.0. The summed E-state index contributed by atoms with van der Waals surface area (Å²) in [6, 6.07) is 6.91. The number of benzene rings is 2. The van der Waals surface area contributed by atoms with Crippen LogP contribution in [0, 0.1) is 11.6 Å². The van der Waals surface area contributed by atoms with Crippen molar-refractivity contribution in [2.75, 3.05) is 6.26 Å². The third-order valence-corrected chi connectivity index (χ3v) is 5.77. The molecular formula is C17H10Br2F4N2O2S. The molecule has 0 bridgehead atoms. The third kappa shape index (κ3) is 4.15. The molecule has 2 aromatic carbocycles. The second-order valence-electron chi connectivity index (χ2n) is 5.83. The first-order valence-electron chi connectivity index (χ1n) is 7.51. The van der Waals surface area contributed by atoms with Crippen molar-refractivity contribution in [1.29, 1.82) is 0 Å². The van der Waals surface area contributed by atoms with Gasteiger partial charge in [-0.25, -0.2) is 30.7 Å². The molecule has 1 heterocycles. The van der Waals surface area contributed by atoms with Crippen LogP contribution in [-0.4, -0.2) is 24.5 Å². The van der Waals surface area contributed by atoms with Crippen molar-refractivity contribution in [1.82, 2.24) is 9.78 Å². The van der Waals surface area contributed by atoms with Crippen LogP contribution in [0.25, 0.3) is 16.9 Å². The molecule has 0 aliphatic heterocycles. The summed E-state index contributed by atoms with van der Waals surface area (Å²) in [4.78, 5) is -0.820. The Morgan fingerprint density at radius 2 is 1.57 bits per heavy atom. The van der Waals surface area contributed by atoms with Gasteiger partial charge in [0.15, 0.2) is 9.84 Å². The lowest BCUT2D eigenvalue weighted by Crippen LogP contribution is -2.05. The van der Waals surface area contributed by atoms with Crippen molar-refractivity contribution in [2.45, 2.75) is 11.3 Å². The van der Waals surface area contributed by atoms with Gasteiger partial charge in [-0.3, -0.25) is 0 Å². The average Bonchev–Trinajstić information content (AvgIpc) is 3.00. The van der Waals surface area contributed by atoms with Gasteiger partial charge in [0.1, 0.15) is 22.2 Å². The zero-order valence-electron chi connectivity index (χ0n) is 13.9. The van der Waals surface area contributed by atoms with E-state index in [4.69, 9.17) is 0 Å². The second kappa shape index (κ2) is 7.60. The number of aromatic nitrogens is 2. The number of alkyl halides is 2. The van der Waals surface area contributed by atoms with Gasteiger partial charge in [-0.1, -0.05) is 31.9 Å². The summed E-state index contributed by atoms with van der Waals surface area (Å²) in [6.45, 7) is 0. The molecule has 0 unspecified atom stereocenters. The second-order valence-corrected chi connectivity index (χ2v) is 9.64. The first-order chi connectivity index (χ1) is 13.0. The number of rotatable bonds is 4. The van der Waals surface area contributed by atoms with Crippen molar-refractivity contribution in [3.05, 3.63) is 62.7 Å². The van der Waals surface area contributed by atoms with E-state index in [1.807, 2.05) is 0 Å². The highest BCUT2D eigenvalue weighted by atomic mass is 79.9. The molecule has 148 valence electrons. The smallest absolute Gasteiger partial charge is 0.232 e. The Balaban J connectivity index is 2.29. The molecule has 0 atom stereocenters. The Labute approximate surface area is 174 Å². The lowest BCUT2D eigenvalue weighted by Gasteiger charge is -2.11. The van der Waals surface area contributed by atoms with Gasteiger partial charge in [-0.2, -0.15) is 5.10 Å². The summed E-state index contributed by atoms with van der Waals surface area (Å²) >= 11 is 6.53. The Bertz CT molecular complexity index is 1160. The number of sulfone groups is 1. The molecule has 1 aromatic heterocycles. The van der Waals surface area contributed by atoms with E-state index in [9.17, 15) is 26.0 Å². The fourth-order valence-corrected chi connectivity index (χ4v) is 4.57. The molecule has 3 rings (SSSR count). The lowest BCUT2D eigenvalue weighted by molar-refractivity contribution is 0.145. The topological polar surface area (TPSA) is 52.0 Å². The van der Waals surface area contributed by atoms with Crippen molar-refractivity contribution < 1.29 is 26.0 Å². The van der Waals surface area contributed by atoms with Crippen LogP contribution in [-0.2, 0) is 9.84 Å². The maximum atomic E-state index is 14.6. The molecule has 0 N–H and O–H groups in total. The van der Waals surface area contributed by atoms with Crippen molar-refractivity contribution in [2.24, 2.45) is 0 Å².